The Kier molecular flexibility index (Phi) is 6.85. The molecule has 9 nitrogen and oxygen atoms in total. The average Bonchev–Trinajstić information content (AvgIpc) is 3.49. The molecular formula is C24H25F5N4O5S. The van der Waals surface area contributed by atoms with Crippen molar-refractivity contribution in [3.8, 4) is 16.3 Å². The second-order valence-electron chi connectivity index (χ2n) is 10.2. The Morgan fingerprint density at radius 2 is 1.90 bits per heavy atom. The van der Waals surface area contributed by atoms with Gasteiger partial charge < -0.3 is 23.5 Å². The van der Waals surface area contributed by atoms with E-state index >= 15 is 0 Å². The number of nitrogens with zero attached hydrogens (tertiary/aromatic N) is 4. The molecule has 2 bridgehead atoms. The Balaban J connectivity index is 1.57. The molecule has 3 aliphatic rings. The van der Waals surface area contributed by atoms with Gasteiger partial charge in [-0.15, -0.1) is 24.5 Å². The number of piperidine rings is 1. The van der Waals surface area contributed by atoms with Crippen molar-refractivity contribution in [3.05, 3.63) is 23.2 Å². The fraction of sp³-hybridized carbons (Fsp3) is 0.542. The van der Waals surface area contributed by atoms with Crippen LogP contribution in [0.15, 0.2) is 22.1 Å². The first-order valence-electron chi connectivity index (χ1n) is 12.0. The second-order valence-corrected chi connectivity index (χ2v) is 11.1. The molecule has 0 aliphatic carbocycles. The van der Waals surface area contributed by atoms with Crippen molar-refractivity contribution in [2.24, 2.45) is 0 Å². The molecule has 3 unspecified atom stereocenters. The third-order valence-electron chi connectivity index (χ3n) is 6.38. The summed E-state index contributed by atoms with van der Waals surface area (Å²) in [5, 5.41) is 1.95. The summed E-state index contributed by atoms with van der Waals surface area (Å²) in [5.74, 6) is -0.933. The van der Waals surface area contributed by atoms with Crippen LogP contribution in [0.1, 0.15) is 38.9 Å². The van der Waals surface area contributed by atoms with E-state index in [9.17, 15) is 26.7 Å². The van der Waals surface area contributed by atoms with Gasteiger partial charge in [-0.25, -0.2) is 18.6 Å². The van der Waals surface area contributed by atoms with E-state index in [1.807, 2.05) is 0 Å². The van der Waals surface area contributed by atoms with Gasteiger partial charge in [0, 0.05) is 37.3 Å². The summed E-state index contributed by atoms with van der Waals surface area (Å²) < 4.78 is 88.6. The van der Waals surface area contributed by atoms with Crippen LogP contribution in [0.4, 0.5) is 32.8 Å². The maximum Gasteiger partial charge on any atom is 0.573 e. The molecule has 212 valence electrons. The summed E-state index contributed by atoms with van der Waals surface area (Å²) in [5.41, 5.74) is -1.53. The van der Waals surface area contributed by atoms with Gasteiger partial charge in [-0.1, -0.05) is 0 Å². The van der Waals surface area contributed by atoms with Crippen LogP contribution in [0.3, 0.4) is 0 Å². The first-order valence-corrected chi connectivity index (χ1v) is 12.8. The topological polar surface area (TPSA) is 90.2 Å². The van der Waals surface area contributed by atoms with Crippen molar-refractivity contribution in [3.63, 3.8) is 0 Å². The first-order chi connectivity index (χ1) is 18.3. The van der Waals surface area contributed by atoms with Gasteiger partial charge in [0.2, 0.25) is 0 Å². The van der Waals surface area contributed by atoms with E-state index in [0.717, 1.165) is 30.9 Å². The summed E-state index contributed by atoms with van der Waals surface area (Å²) in [6, 6.07) is 0.641. The fourth-order valence-electron chi connectivity index (χ4n) is 4.90. The Bertz CT molecular complexity index is 1350. The van der Waals surface area contributed by atoms with Crippen molar-refractivity contribution < 1.29 is 45.4 Å². The van der Waals surface area contributed by atoms with Crippen LogP contribution in [0.5, 0.6) is 5.75 Å². The van der Waals surface area contributed by atoms with Gasteiger partial charge >= 0.3 is 12.5 Å². The van der Waals surface area contributed by atoms with Crippen molar-refractivity contribution >= 4 is 34.5 Å². The van der Waals surface area contributed by atoms with Crippen LogP contribution in [-0.4, -0.2) is 71.6 Å². The number of benzene rings is 1. The van der Waals surface area contributed by atoms with E-state index in [0.29, 0.717) is 5.01 Å². The number of oxazole rings is 1. The largest absolute Gasteiger partial charge is 0.573 e. The smallest absolute Gasteiger partial charge is 0.444 e. The number of anilines is 1. The van der Waals surface area contributed by atoms with E-state index < -0.39 is 47.4 Å². The highest BCUT2D eigenvalue weighted by Crippen LogP contribution is 2.46. The van der Waals surface area contributed by atoms with Gasteiger partial charge in [-0.2, -0.15) is 4.98 Å². The third kappa shape index (κ3) is 5.33. The number of fused-ring (bicyclic) bond motifs is 3. The molecule has 1 aromatic carbocycles. The molecule has 6 rings (SSSR count). The molecule has 1 amide bonds. The molecule has 0 spiro atoms. The maximum atomic E-state index is 13.9. The summed E-state index contributed by atoms with van der Waals surface area (Å²) in [7, 11) is 0.964. The molecule has 3 fully saturated rings. The number of halogens is 5. The predicted molar refractivity (Wildman–Crippen MR) is 130 cm³/mol. The van der Waals surface area contributed by atoms with Crippen LogP contribution in [0, 0.1) is 0 Å². The number of ether oxygens (including phenoxy) is 3. The lowest BCUT2D eigenvalue weighted by molar-refractivity contribution is -0.274. The monoisotopic (exact) mass is 576 g/mol. The van der Waals surface area contributed by atoms with Crippen molar-refractivity contribution in [2.45, 2.75) is 63.8 Å². The highest BCUT2D eigenvalue weighted by Gasteiger charge is 2.50. The van der Waals surface area contributed by atoms with Crippen LogP contribution in [-0.2, 0) is 9.47 Å². The Labute approximate surface area is 223 Å². The molecule has 3 aromatic rings. The molecule has 3 saturated heterocycles. The minimum absolute atomic E-state index is 0.0310. The Hall–Kier alpha value is -3.20. The number of hydrogen-bond donors (Lipinski definition) is 0. The lowest BCUT2D eigenvalue weighted by Gasteiger charge is -2.55. The van der Waals surface area contributed by atoms with Gasteiger partial charge in [-0.05, 0) is 33.3 Å². The Morgan fingerprint density at radius 1 is 1.21 bits per heavy atom. The number of piperazine rings is 1. The normalized spacial score (nSPS) is 20.4. The minimum atomic E-state index is -5.20. The number of aromatic nitrogens is 2. The third-order valence-corrected chi connectivity index (χ3v) is 7.18. The van der Waals surface area contributed by atoms with Gasteiger partial charge in [0.05, 0.1) is 17.6 Å². The molecule has 5 heterocycles. The zero-order chi connectivity index (χ0) is 28.3. The number of methoxy groups -OCH3 is 1. The number of amides is 1. The maximum absolute atomic E-state index is 13.9. The SMILES string of the molecule is COC(c1cc(-c2nccs2)c2oc(N3CC4CC(C3)N4C(=O)OC(C)(C)C)nc2c1OC(F)(F)F)C(F)F. The first kappa shape index (κ1) is 27.4. The number of hydrogen-bond acceptors (Lipinski definition) is 9. The molecular weight excluding hydrogens is 551 g/mol. The van der Waals surface area contributed by atoms with Gasteiger partial charge in [0.25, 0.3) is 12.4 Å². The standard InChI is InChI=1S/C24H25F5N4O5S/c1-23(2,3)38-22(34)33-11-7-12(33)10-32(9-11)21-31-15-16(36-21)14(20-30-5-6-39-20)8-13(18(35-4)19(25)26)17(15)37-24(27,28)29/h5-6,8,11-12,18-19H,7,9-10H2,1-4H3. The molecule has 2 aromatic heterocycles. The van der Waals surface area contributed by atoms with Crippen molar-refractivity contribution in [1.29, 1.82) is 0 Å². The zero-order valence-corrected chi connectivity index (χ0v) is 22.1. The number of carbonyl (C=O) groups is 1. The molecule has 0 radical (unpaired) electrons. The number of thiazole rings is 1. The van der Waals surface area contributed by atoms with Crippen LogP contribution >= 0.6 is 11.3 Å². The van der Waals surface area contributed by atoms with E-state index in [1.165, 1.54) is 6.20 Å². The summed E-state index contributed by atoms with van der Waals surface area (Å²) in [6.07, 6.45) is -8.66. The van der Waals surface area contributed by atoms with Gasteiger partial charge in [0.1, 0.15) is 16.7 Å². The quantitative estimate of drug-likeness (QED) is 0.330. The second kappa shape index (κ2) is 9.77. The minimum Gasteiger partial charge on any atom is -0.444 e. The predicted octanol–water partition coefficient (Wildman–Crippen LogP) is 6.00. The molecule has 0 N–H and O–H groups in total. The summed E-state index contributed by atoms with van der Waals surface area (Å²) >= 11 is 1.14. The van der Waals surface area contributed by atoms with E-state index in [4.69, 9.17) is 13.9 Å². The highest BCUT2D eigenvalue weighted by molar-refractivity contribution is 7.13. The number of alkyl halides is 5. The van der Waals surface area contributed by atoms with E-state index in [-0.39, 0.29) is 42.3 Å². The highest BCUT2D eigenvalue weighted by atomic mass is 32.1. The van der Waals surface area contributed by atoms with E-state index in [2.05, 4.69) is 14.7 Å². The van der Waals surface area contributed by atoms with Gasteiger partial charge in [-0.3, -0.25) is 4.90 Å². The lowest BCUT2D eigenvalue weighted by Crippen LogP contribution is -2.70. The molecule has 3 aliphatic heterocycles. The Morgan fingerprint density at radius 3 is 2.44 bits per heavy atom. The average molecular weight is 577 g/mol. The van der Waals surface area contributed by atoms with Crippen LogP contribution in [0.25, 0.3) is 21.7 Å². The van der Waals surface area contributed by atoms with Crippen molar-refractivity contribution in [2.75, 3.05) is 25.1 Å². The molecule has 15 heteroatoms. The molecule has 0 saturated carbocycles. The van der Waals surface area contributed by atoms with Crippen LogP contribution < -0.4 is 9.64 Å². The zero-order valence-electron chi connectivity index (χ0n) is 21.3. The van der Waals surface area contributed by atoms with Crippen molar-refractivity contribution in [1.82, 2.24) is 14.9 Å². The van der Waals surface area contributed by atoms with E-state index in [1.54, 1.807) is 36.0 Å². The molecule has 3 atom stereocenters. The number of rotatable bonds is 6. The van der Waals surface area contributed by atoms with Gasteiger partial charge in [0.15, 0.2) is 16.8 Å². The molecule has 39 heavy (non-hydrogen) atoms. The van der Waals surface area contributed by atoms with Crippen LogP contribution in [0.2, 0.25) is 0 Å². The summed E-state index contributed by atoms with van der Waals surface area (Å²) in [6.45, 7) is 5.87. The number of carbonyl (C=O) groups excluding carboxylic acids is 1. The lowest BCUT2D eigenvalue weighted by atomic mass is 9.88. The fourth-order valence-corrected chi connectivity index (χ4v) is 5.55. The summed E-state index contributed by atoms with van der Waals surface area (Å²) in [4.78, 5) is 24.4.